The highest BCUT2D eigenvalue weighted by Gasteiger charge is 2.31. The zero-order chi connectivity index (χ0) is 12.5. The first kappa shape index (κ1) is 12.4. The highest BCUT2D eigenvalue weighted by Crippen LogP contribution is 2.40. The molecule has 1 aliphatic carbocycles. The summed E-state index contributed by atoms with van der Waals surface area (Å²) in [4.78, 5) is 0. The van der Waals surface area contributed by atoms with Crippen molar-refractivity contribution in [3.05, 3.63) is 29.6 Å². The third-order valence-corrected chi connectivity index (χ3v) is 3.85. The molecular formula is C14H20FNO. The van der Waals surface area contributed by atoms with Gasteiger partial charge in [-0.1, -0.05) is 19.4 Å². The summed E-state index contributed by atoms with van der Waals surface area (Å²) in [6, 6.07) is 4.25. The molecule has 1 saturated carbocycles. The van der Waals surface area contributed by atoms with Crippen molar-refractivity contribution in [3.63, 3.8) is 0 Å². The van der Waals surface area contributed by atoms with Crippen molar-refractivity contribution >= 4 is 0 Å². The van der Waals surface area contributed by atoms with Crippen LogP contribution >= 0.6 is 0 Å². The molecule has 17 heavy (non-hydrogen) atoms. The molecule has 0 saturated heterocycles. The van der Waals surface area contributed by atoms with Gasteiger partial charge in [0.2, 0.25) is 0 Å². The molecule has 2 N–H and O–H groups in total. The Morgan fingerprint density at radius 3 is 2.71 bits per heavy atom. The van der Waals surface area contributed by atoms with Crippen LogP contribution < -0.4 is 5.32 Å². The minimum Gasteiger partial charge on any atom is -0.508 e. The number of phenols is 1. The summed E-state index contributed by atoms with van der Waals surface area (Å²) in [5, 5.41) is 13.1. The molecule has 0 heterocycles. The zero-order valence-electron chi connectivity index (χ0n) is 10.5. The second kappa shape index (κ2) is 4.65. The van der Waals surface area contributed by atoms with Gasteiger partial charge in [-0.2, -0.15) is 0 Å². The van der Waals surface area contributed by atoms with Crippen LogP contribution in [-0.2, 0) is 0 Å². The zero-order valence-corrected chi connectivity index (χ0v) is 10.5. The molecule has 1 unspecified atom stereocenters. The minimum atomic E-state index is -0.399. The second-order valence-corrected chi connectivity index (χ2v) is 5.47. The van der Waals surface area contributed by atoms with Gasteiger partial charge in [0.15, 0.2) is 0 Å². The smallest absolute Gasteiger partial charge is 0.126 e. The lowest BCUT2D eigenvalue weighted by atomic mass is 9.70. The van der Waals surface area contributed by atoms with Crippen molar-refractivity contribution in [2.24, 2.45) is 5.41 Å². The molecule has 2 nitrogen and oxygen atoms in total. The van der Waals surface area contributed by atoms with Crippen molar-refractivity contribution in [3.8, 4) is 5.75 Å². The van der Waals surface area contributed by atoms with Gasteiger partial charge in [-0.25, -0.2) is 4.39 Å². The molecule has 0 amide bonds. The molecule has 1 fully saturated rings. The summed E-state index contributed by atoms with van der Waals surface area (Å²) in [5.41, 5.74) is 1.17. The summed E-state index contributed by atoms with van der Waals surface area (Å²) < 4.78 is 12.9. The Bertz CT molecular complexity index is 401. The Kier molecular flexibility index (Phi) is 3.38. The topological polar surface area (TPSA) is 32.3 Å². The Hall–Kier alpha value is -1.09. The van der Waals surface area contributed by atoms with E-state index in [0.717, 1.165) is 12.1 Å². The van der Waals surface area contributed by atoms with Crippen LogP contribution in [-0.4, -0.2) is 11.7 Å². The van der Waals surface area contributed by atoms with Crippen LogP contribution in [0.15, 0.2) is 18.2 Å². The molecular weight excluding hydrogens is 217 g/mol. The maximum Gasteiger partial charge on any atom is 0.126 e. The number of aromatic hydroxyl groups is 1. The average Bonchev–Trinajstić information content (AvgIpc) is 2.23. The fraction of sp³-hybridized carbons (Fsp3) is 0.571. The SMILES string of the molecule is CC(NCC1(C)CCC1)c1ccc(F)cc1O. The van der Waals surface area contributed by atoms with Gasteiger partial charge in [0, 0.05) is 24.2 Å². The Morgan fingerprint density at radius 2 is 2.18 bits per heavy atom. The van der Waals surface area contributed by atoms with Crippen LogP contribution in [0, 0.1) is 11.2 Å². The highest BCUT2D eigenvalue weighted by atomic mass is 19.1. The Labute approximate surface area is 102 Å². The van der Waals surface area contributed by atoms with E-state index in [9.17, 15) is 9.50 Å². The monoisotopic (exact) mass is 237 g/mol. The molecule has 0 bridgehead atoms. The Balaban J connectivity index is 1.96. The van der Waals surface area contributed by atoms with Gasteiger partial charge in [0.1, 0.15) is 11.6 Å². The number of hydrogen-bond donors (Lipinski definition) is 2. The van der Waals surface area contributed by atoms with E-state index in [-0.39, 0.29) is 11.8 Å². The van der Waals surface area contributed by atoms with E-state index in [2.05, 4.69) is 12.2 Å². The van der Waals surface area contributed by atoms with E-state index in [1.54, 1.807) is 6.07 Å². The number of halogens is 1. The molecule has 2 rings (SSSR count). The fourth-order valence-electron chi connectivity index (χ4n) is 2.35. The third-order valence-electron chi connectivity index (χ3n) is 3.85. The fourth-order valence-corrected chi connectivity index (χ4v) is 2.35. The van der Waals surface area contributed by atoms with Crippen LogP contribution in [0.5, 0.6) is 5.75 Å². The molecule has 0 aromatic heterocycles. The minimum absolute atomic E-state index is 0.0313. The molecule has 1 aromatic rings. The van der Waals surface area contributed by atoms with Crippen molar-refractivity contribution in [1.29, 1.82) is 0 Å². The van der Waals surface area contributed by atoms with Crippen molar-refractivity contribution in [2.45, 2.75) is 39.2 Å². The molecule has 3 heteroatoms. The first-order valence-electron chi connectivity index (χ1n) is 6.22. The first-order valence-corrected chi connectivity index (χ1v) is 6.22. The second-order valence-electron chi connectivity index (χ2n) is 5.47. The average molecular weight is 237 g/mol. The van der Waals surface area contributed by atoms with E-state index < -0.39 is 5.82 Å². The lowest BCUT2D eigenvalue weighted by Gasteiger charge is -2.39. The van der Waals surface area contributed by atoms with E-state index in [0.29, 0.717) is 5.41 Å². The molecule has 94 valence electrons. The summed E-state index contributed by atoms with van der Waals surface area (Å²) in [5.74, 6) is -0.367. The molecule has 1 atom stereocenters. The number of benzene rings is 1. The number of nitrogens with one attached hydrogen (secondary N) is 1. The van der Waals surface area contributed by atoms with Gasteiger partial charge in [0.05, 0.1) is 0 Å². The van der Waals surface area contributed by atoms with Gasteiger partial charge < -0.3 is 10.4 Å². The van der Waals surface area contributed by atoms with Gasteiger partial charge >= 0.3 is 0 Å². The Morgan fingerprint density at radius 1 is 1.47 bits per heavy atom. The summed E-state index contributed by atoms with van der Waals surface area (Å²) in [6.45, 7) is 5.22. The molecule has 0 radical (unpaired) electrons. The number of phenolic OH excluding ortho intramolecular Hbond substituents is 1. The molecule has 0 spiro atoms. The van der Waals surface area contributed by atoms with Gasteiger partial charge in [-0.3, -0.25) is 0 Å². The van der Waals surface area contributed by atoms with Crippen molar-refractivity contribution in [1.82, 2.24) is 5.32 Å². The van der Waals surface area contributed by atoms with E-state index in [1.807, 2.05) is 6.92 Å². The molecule has 0 aliphatic heterocycles. The lowest BCUT2D eigenvalue weighted by molar-refractivity contribution is 0.151. The van der Waals surface area contributed by atoms with Crippen molar-refractivity contribution < 1.29 is 9.50 Å². The van der Waals surface area contributed by atoms with Gasteiger partial charge in [-0.05, 0) is 31.2 Å². The molecule has 1 aliphatic rings. The first-order chi connectivity index (χ1) is 8.00. The summed E-state index contributed by atoms with van der Waals surface area (Å²) >= 11 is 0. The normalized spacial score (nSPS) is 19.7. The molecule has 1 aromatic carbocycles. The van der Waals surface area contributed by atoms with Crippen LogP contribution in [0.1, 0.15) is 44.7 Å². The van der Waals surface area contributed by atoms with Gasteiger partial charge in [0.25, 0.3) is 0 Å². The van der Waals surface area contributed by atoms with Crippen molar-refractivity contribution in [2.75, 3.05) is 6.54 Å². The van der Waals surface area contributed by atoms with E-state index >= 15 is 0 Å². The van der Waals surface area contributed by atoms with Crippen LogP contribution in [0.3, 0.4) is 0 Å². The summed E-state index contributed by atoms with van der Waals surface area (Å²) in [6.07, 6.45) is 3.85. The largest absolute Gasteiger partial charge is 0.508 e. The standard InChI is InChI=1S/C14H20FNO/c1-10(16-9-14(2)6-3-7-14)12-5-4-11(15)8-13(12)17/h4-5,8,10,16-17H,3,6-7,9H2,1-2H3. The highest BCUT2D eigenvalue weighted by molar-refractivity contribution is 5.34. The van der Waals surface area contributed by atoms with Gasteiger partial charge in [-0.15, -0.1) is 0 Å². The number of rotatable bonds is 4. The van der Waals surface area contributed by atoms with E-state index in [4.69, 9.17) is 0 Å². The number of hydrogen-bond acceptors (Lipinski definition) is 2. The van der Waals surface area contributed by atoms with Crippen LogP contribution in [0.25, 0.3) is 0 Å². The maximum atomic E-state index is 12.9. The lowest BCUT2D eigenvalue weighted by Crippen LogP contribution is -2.38. The quantitative estimate of drug-likeness (QED) is 0.841. The predicted molar refractivity (Wildman–Crippen MR) is 66.4 cm³/mol. The van der Waals surface area contributed by atoms with Crippen LogP contribution in [0.2, 0.25) is 0 Å². The van der Waals surface area contributed by atoms with Crippen LogP contribution in [0.4, 0.5) is 4.39 Å². The summed E-state index contributed by atoms with van der Waals surface area (Å²) in [7, 11) is 0. The third kappa shape index (κ3) is 2.78. The van der Waals surface area contributed by atoms with E-state index in [1.165, 1.54) is 31.4 Å². The predicted octanol–water partition coefficient (Wildman–Crippen LogP) is 3.37. The maximum absolute atomic E-state index is 12.9.